The first-order valence-electron chi connectivity index (χ1n) is 12.0. The Kier molecular flexibility index (Phi) is 4.80. The standard InChI is InChI=1S/C28H25NO5/c1-2-22(25(30)15-8-4-3-5-9-15)34-28(33)18-10-6-7-11-21(18)29-26(31)23-16-12-13-17(20-14-19(16)20)24(23)27(29)32/h3-13,16-17,19-20,22-24H,2,14H2,1H3/t16-,17-,19-,20-,22-,23+,24+/m1/s1. The molecule has 0 aromatic heterocycles. The van der Waals surface area contributed by atoms with E-state index in [1.807, 2.05) is 6.07 Å². The van der Waals surface area contributed by atoms with Crippen LogP contribution in [-0.4, -0.2) is 29.7 Å². The van der Waals surface area contributed by atoms with Crippen molar-refractivity contribution in [3.63, 3.8) is 0 Å². The van der Waals surface area contributed by atoms with Gasteiger partial charge in [-0.05, 0) is 48.6 Å². The summed E-state index contributed by atoms with van der Waals surface area (Å²) in [6.07, 6.45) is 4.69. The zero-order chi connectivity index (χ0) is 23.6. The van der Waals surface area contributed by atoms with Gasteiger partial charge in [0, 0.05) is 5.56 Å². The second-order valence-corrected chi connectivity index (χ2v) is 9.72. The largest absolute Gasteiger partial charge is 0.450 e. The fraction of sp³-hybridized carbons (Fsp3) is 0.357. The summed E-state index contributed by atoms with van der Waals surface area (Å²) < 4.78 is 5.62. The smallest absolute Gasteiger partial charge is 0.341 e. The SMILES string of the molecule is CC[C@@H](OC(=O)c1ccccc1N1C(=O)[C@H]2[C@@H]3C=C[C@H]([C@H]4C[C@H]34)[C@@H]2C1=O)C(=O)c1ccccc1. The Morgan fingerprint density at radius 1 is 0.912 bits per heavy atom. The number of nitrogens with zero attached hydrogens (tertiary/aromatic N) is 1. The average molecular weight is 456 g/mol. The lowest BCUT2D eigenvalue weighted by atomic mass is 9.63. The first-order chi connectivity index (χ1) is 16.5. The molecule has 5 aliphatic rings. The van der Waals surface area contributed by atoms with Crippen molar-refractivity contribution in [1.29, 1.82) is 0 Å². The molecule has 2 aromatic carbocycles. The van der Waals surface area contributed by atoms with Crippen LogP contribution < -0.4 is 4.90 Å². The third-order valence-electron chi connectivity index (χ3n) is 8.00. The van der Waals surface area contributed by atoms with Crippen LogP contribution in [0.4, 0.5) is 5.69 Å². The molecular weight excluding hydrogens is 430 g/mol. The lowest BCUT2D eigenvalue weighted by Crippen LogP contribution is -2.40. The minimum absolute atomic E-state index is 0.105. The second-order valence-electron chi connectivity index (χ2n) is 9.72. The molecule has 6 heteroatoms. The van der Waals surface area contributed by atoms with Gasteiger partial charge in [-0.15, -0.1) is 0 Å². The van der Waals surface area contributed by atoms with Crippen molar-refractivity contribution in [2.24, 2.45) is 35.5 Å². The molecule has 0 radical (unpaired) electrons. The average Bonchev–Trinajstić information content (AvgIpc) is 3.65. The van der Waals surface area contributed by atoms with E-state index in [2.05, 4.69) is 12.2 Å². The summed E-state index contributed by atoms with van der Waals surface area (Å²) in [6, 6.07) is 15.2. The van der Waals surface area contributed by atoms with E-state index < -0.39 is 12.1 Å². The van der Waals surface area contributed by atoms with Gasteiger partial charge >= 0.3 is 5.97 Å². The van der Waals surface area contributed by atoms with Gasteiger partial charge in [0.1, 0.15) is 0 Å². The Hall–Kier alpha value is -3.54. The number of esters is 1. The zero-order valence-electron chi connectivity index (χ0n) is 18.8. The van der Waals surface area contributed by atoms with Crippen LogP contribution >= 0.6 is 0 Å². The van der Waals surface area contributed by atoms with E-state index in [-0.39, 0.29) is 52.5 Å². The van der Waals surface area contributed by atoms with Crippen molar-refractivity contribution in [2.75, 3.05) is 4.90 Å². The van der Waals surface area contributed by atoms with Gasteiger partial charge in [-0.3, -0.25) is 14.4 Å². The fourth-order valence-corrected chi connectivity index (χ4v) is 6.34. The molecule has 6 nitrogen and oxygen atoms in total. The van der Waals surface area contributed by atoms with Crippen LogP contribution in [0.2, 0.25) is 0 Å². The number of allylic oxidation sites excluding steroid dienone is 2. The number of hydrogen-bond donors (Lipinski definition) is 0. The number of ether oxygens (including phenoxy) is 1. The summed E-state index contributed by atoms with van der Waals surface area (Å²) in [4.78, 5) is 54.3. The maximum absolute atomic E-state index is 13.5. The van der Waals surface area contributed by atoms with Gasteiger partial charge in [-0.25, -0.2) is 9.69 Å². The number of para-hydroxylation sites is 1. The van der Waals surface area contributed by atoms with Crippen molar-refractivity contribution in [3.8, 4) is 0 Å². The van der Waals surface area contributed by atoms with Gasteiger partial charge < -0.3 is 4.74 Å². The van der Waals surface area contributed by atoms with Crippen LogP contribution in [0.3, 0.4) is 0 Å². The molecule has 3 fully saturated rings. The van der Waals surface area contributed by atoms with Crippen molar-refractivity contribution in [3.05, 3.63) is 77.9 Å². The maximum atomic E-state index is 13.5. The minimum Gasteiger partial charge on any atom is -0.450 e. The molecule has 2 bridgehead atoms. The van der Waals surface area contributed by atoms with Crippen LogP contribution in [0.5, 0.6) is 0 Å². The van der Waals surface area contributed by atoms with Crippen molar-refractivity contribution < 1.29 is 23.9 Å². The summed E-state index contributed by atoms with van der Waals surface area (Å²) in [5.41, 5.74) is 0.825. The number of carbonyl (C=O) groups excluding carboxylic acids is 4. The summed E-state index contributed by atoms with van der Waals surface area (Å²) in [7, 11) is 0. The monoisotopic (exact) mass is 455 g/mol. The summed E-state index contributed by atoms with van der Waals surface area (Å²) in [6.45, 7) is 1.77. The van der Waals surface area contributed by atoms with Crippen LogP contribution in [0.25, 0.3) is 0 Å². The molecular formula is C28H25NO5. The third-order valence-corrected chi connectivity index (χ3v) is 8.00. The normalized spacial score (nSPS) is 31.1. The summed E-state index contributed by atoms with van der Waals surface area (Å²) in [5.74, 6) is -0.940. The maximum Gasteiger partial charge on any atom is 0.341 e. The molecule has 7 atom stereocenters. The molecule has 2 saturated carbocycles. The number of hydrogen-bond acceptors (Lipinski definition) is 5. The molecule has 0 N–H and O–H groups in total. The van der Waals surface area contributed by atoms with E-state index >= 15 is 0 Å². The number of amides is 2. The number of Topliss-reactive ketones (excluding diaryl/α,β-unsaturated/α-hetero) is 1. The van der Waals surface area contributed by atoms with E-state index in [0.717, 1.165) is 6.42 Å². The number of benzene rings is 2. The Labute approximate surface area is 197 Å². The Morgan fingerprint density at radius 2 is 1.50 bits per heavy atom. The highest BCUT2D eigenvalue weighted by molar-refractivity contribution is 6.24. The van der Waals surface area contributed by atoms with E-state index in [0.29, 0.717) is 23.8 Å². The first kappa shape index (κ1) is 21.0. The summed E-state index contributed by atoms with van der Waals surface area (Å²) >= 11 is 0. The highest BCUT2D eigenvalue weighted by Crippen LogP contribution is 2.65. The summed E-state index contributed by atoms with van der Waals surface area (Å²) in [5, 5.41) is 0. The predicted octanol–water partition coefficient (Wildman–Crippen LogP) is 4.06. The molecule has 1 saturated heterocycles. The molecule has 4 aliphatic carbocycles. The van der Waals surface area contributed by atoms with Gasteiger partial charge in [0.25, 0.3) is 0 Å². The lowest BCUT2D eigenvalue weighted by molar-refractivity contribution is -0.124. The topological polar surface area (TPSA) is 80.8 Å². The molecule has 2 amide bonds. The van der Waals surface area contributed by atoms with Crippen LogP contribution in [0.1, 0.15) is 40.5 Å². The van der Waals surface area contributed by atoms with Crippen LogP contribution in [0.15, 0.2) is 66.7 Å². The Bertz CT molecular complexity index is 1200. The molecule has 1 aliphatic heterocycles. The van der Waals surface area contributed by atoms with Gasteiger partial charge in [0.05, 0.1) is 23.1 Å². The molecule has 0 spiro atoms. The Balaban J connectivity index is 1.28. The second kappa shape index (κ2) is 7.76. The van der Waals surface area contributed by atoms with Crippen molar-refractivity contribution in [1.82, 2.24) is 0 Å². The van der Waals surface area contributed by atoms with E-state index in [1.54, 1.807) is 55.5 Å². The lowest BCUT2D eigenvalue weighted by Gasteiger charge is -2.37. The molecule has 2 aromatic rings. The Morgan fingerprint density at radius 3 is 2.12 bits per heavy atom. The molecule has 1 heterocycles. The van der Waals surface area contributed by atoms with Crippen molar-refractivity contribution in [2.45, 2.75) is 25.9 Å². The first-order valence-corrected chi connectivity index (χ1v) is 12.0. The number of anilines is 1. The van der Waals surface area contributed by atoms with Gasteiger partial charge in [-0.1, -0.05) is 61.5 Å². The quantitative estimate of drug-likeness (QED) is 0.284. The van der Waals surface area contributed by atoms with E-state index in [9.17, 15) is 19.2 Å². The zero-order valence-corrected chi connectivity index (χ0v) is 18.8. The van der Waals surface area contributed by atoms with Crippen LogP contribution in [0, 0.1) is 35.5 Å². The van der Waals surface area contributed by atoms with E-state index in [4.69, 9.17) is 4.74 Å². The van der Waals surface area contributed by atoms with E-state index in [1.165, 1.54) is 4.90 Å². The number of ketones is 1. The highest BCUT2D eigenvalue weighted by atomic mass is 16.5. The number of rotatable bonds is 6. The molecule has 0 unspecified atom stereocenters. The fourth-order valence-electron chi connectivity index (χ4n) is 6.34. The van der Waals surface area contributed by atoms with Crippen LogP contribution in [-0.2, 0) is 14.3 Å². The molecule has 34 heavy (non-hydrogen) atoms. The predicted molar refractivity (Wildman–Crippen MR) is 124 cm³/mol. The van der Waals surface area contributed by atoms with Gasteiger partial charge in [0.2, 0.25) is 17.6 Å². The molecule has 7 rings (SSSR count). The number of carbonyl (C=O) groups is 4. The third kappa shape index (κ3) is 3.01. The van der Waals surface area contributed by atoms with Gasteiger partial charge in [0.15, 0.2) is 6.10 Å². The van der Waals surface area contributed by atoms with Crippen molar-refractivity contribution >= 4 is 29.3 Å². The van der Waals surface area contributed by atoms with Gasteiger partial charge in [-0.2, -0.15) is 0 Å². The minimum atomic E-state index is -0.956. The number of imide groups is 1. The molecule has 172 valence electrons. The highest BCUT2D eigenvalue weighted by Gasteiger charge is 2.67.